The molecule has 0 fully saturated rings. The molecule has 0 amide bonds. The van der Waals surface area contributed by atoms with Crippen LogP contribution in [0.2, 0.25) is 0 Å². The van der Waals surface area contributed by atoms with Gasteiger partial charge in [-0.15, -0.1) is 10.2 Å². The van der Waals surface area contributed by atoms with Crippen molar-refractivity contribution in [3.05, 3.63) is 96.7 Å². The van der Waals surface area contributed by atoms with Crippen LogP contribution in [-0.4, -0.2) is 25.5 Å². The van der Waals surface area contributed by atoms with Gasteiger partial charge in [-0.25, -0.2) is 0 Å². The van der Waals surface area contributed by atoms with Crippen LogP contribution in [0.5, 0.6) is 0 Å². The Labute approximate surface area is 162 Å². The van der Waals surface area contributed by atoms with E-state index >= 15 is 0 Å². The van der Waals surface area contributed by atoms with E-state index in [-0.39, 0.29) is 0 Å². The lowest BCUT2D eigenvalue weighted by atomic mass is 10.2. The second-order valence-electron chi connectivity index (χ2n) is 5.82. The summed E-state index contributed by atoms with van der Waals surface area (Å²) in [5, 5.41) is 9.67. The zero-order valence-electron chi connectivity index (χ0n) is 14.6. The van der Waals surface area contributed by atoms with E-state index in [1.807, 2.05) is 54.6 Å². The first-order chi connectivity index (χ1) is 13.4. The number of hydrogen-bond acceptors (Lipinski definition) is 4. The summed E-state index contributed by atoms with van der Waals surface area (Å²) in [4.78, 5) is 4.44. The third kappa shape index (κ3) is 4.15. The number of benzene rings is 2. The van der Waals surface area contributed by atoms with E-state index < -0.39 is 0 Å². The summed E-state index contributed by atoms with van der Waals surface area (Å²) in [6, 6.07) is 26.2. The van der Waals surface area contributed by atoms with E-state index in [9.17, 15) is 0 Å². The van der Waals surface area contributed by atoms with E-state index in [0.29, 0.717) is 0 Å². The molecule has 27 heavy (non-hydrogen) atoms. The summed E-state index contributed by atoms with van der Waals surface area (Å²) in [6.07, 6.45) is 6.04. The molecule has 0 unspecified atom stereocenters. The van der Waals surface area contributed by atoms with E-state index in [4.69, 9.17) is 0 Å². The van der Waals surface area contributed by atoms with Crippen molar-refractivity contribution >= 4 is 17.8 Å². The summed E-state index contributed by atoms with van der Waals surface area (Å²) < 4.78 is 2.06. The molecule has 132 valence electrons. The molecule has 0 aliphatic heterocycles. The van der Waals surface area contributed by atoms with Gasteiger partial charge < -0.3 is 0 Å². The smallest absolute Gasteiger partial charge is 0.196 e. The van der Waals surface area contributed by atoms with Crippen LogP contribution in [0.1, 0.15) is 5.56 Å². The summed E-state index contributed by atoms with van der Waals surface area (Å²) in [6.45, 7) is 0. The molecule has 0 aliphatic rings. The maximum atomic E-state index is 4.44. The molecule has 5 heteroatoms. The van der Waals surface area contributed by atoms with Crippen LogP contribution in [0, 0.1) is 0 Å². The fraction of sp³-hybridized carbons (Fsp3) is 0.0455. The second-order valence-corrected chi connectivity index (χ2v) is 6.80. The summed E-state index contributed by atoms with van der Waals surface area (Å²) in [5.74, 6) is 1.55. The van der Waals surface area contributed by atoms with Gasteiger partial charge in [-0.1, -0.05) is 78.5 Å². The van der Waals surface area contributed by atoms with Crippen LogP contribution in [0.15, 0.2) is 96.3 Å². The largest absolute Gasteiger partial charge is 0.269 e. The Morgan fingerprint density at radius 2 is 1.56 bits per heavy atom. The topological polar surface area (TPSA) is 43.6 Å². The first kappa shape index (κ1) is 17.2. The lowest BCUT2D eigenvalue weighted by Gasteiger charge is -2.09. The van der Waals surface area contributed by atoms with Crippen LogP contribution in [0.3, 0.4) is 0 Å². The predicted octanol–water partition coefficient (Wildman–Crippen LogP) is 5.13. The molecule has 0 atom stereocenters. The van der Waals surface area contributed by atoms with E-state index in [1.54, 1.807) is 18.0 Å². The molecule has 4 aromatic rings. The minimum atomic E-state index is 0.747. The van der Waals surface area contributed by atoms with Crippen molar-refractivity contribution in [3.63, 3.8) is 0 Å². The average Bonchev–Trinajstić information content (AvgIpc) is 3.17. The molecular weight excluding hydrogens is 352 g/mol. The molecule has 0 radical (unpaired) electrons. The van der Waals surface area contributed by atoms with E-state index in [1.165, 1.54) is 5.56 Å². The number of hydrogen-bond donors (Lipinski definition) is 0. The summed E-state index contributed by atoms with van der Waals surface area (Å²) in [7, 11) is 0. The molecule has 0 spiro atoms. The van der Waals surface area contributed by atoms with Crippen molar-refractivity contribution in [2.45, 2.75) is 5.16 Å². The van der Waals surface area contributed by atoms with Crippen molar-refractivity contribution < 1.29 is 0 Å². The van der Waals surface area contributed by atoms with Gasteiger partial charge >= 0.3 is 0 Å². The molecule has 2 aromatic carbocycles. The van der Waals surface area contributed by atoms with Crippen molar-refractivity contribution in [1.29, 1.82) is 0 Å². The highest BCUT2D eigenvalue weighted by Gasteiger charge is 2.16. The van der Waals surface area contributed by atoms with Crippen molar-refractivity contribution in [1.82, 2.24) is 19.7 Å². The fourth-order valence-electron chi connectivity index (χ4n) is 2.71. The normalized spacial score (nSPS) is 11.1. The number of para-hydroxylation sites is 1. The predicted molar refractivity (Wildman–Crippen MR) is 111 cm³/mol. The van der Waals surface area contributed by atoms with Gasteiger partial charge in [0.1, 0.15) is 5.69 Å². The third-order valence-electron chi connectivity index (χ3n) is 3.96. The minimum absolute atomic E-state index is 0.747. The molecule has 0 aliphatic carbocycles. The van der Waals surface area contributed by atoms with Crippen LogP contribution in [-0.2, 0) is 0 Å². The third-order valence-corrected chi connectivity index (χ3v) is 4.84. The van der Waals surface area contributed by atoms with Crippen molar-refractivity contribution in [2.75, 3.05) is 5.75 Å². The zero-order chi connectivity index (χ0) is 18.3. The number of nitrogens with zero attached hydrogens (tertiary/aromatic N) is 4. The quantitative estimate of drug-likeness (QED) is 0.441. The van der Waals surface area contributed by atoms with Gasteiger partial charge in [-0.05, 0) is 29.8 Å². The molecule has 4 nitrogen and oxygen atoms in total. The van der Waals surface area contributed by atoms with E-state index in [0.717, 1.165) is 28.1 Å². The van der Waals surface area contributed by atoms with Gasteiger partial charge in [-0.3, -0.25) is 9.55 Å². The van der Waals surface area contributed by atoms with Crippen LogP contribution in [0.25, 0.3) is 23.3 Å². The molecular formula is C22H18N4S. The van der Waals surface area contributed by atoms with Gasteiger partial charge in [0, 0.05) is 17.6 Å². The lowest BCUT2D eigenvalue weighted by Crippen LogP contribution is -2.00. The standard InChI is InChI=1S/C22H18N4S/c1-3-10-18(11-4-1)12-9-17-27-22-25-24-21(20-15-7-8-16-23-20)26(22)19-13-5-2-6-14-19/h1-16H,17H2. The SMILES string of the molecule is C(=Cc1ccccc1)CSc1nnc(-c2ccccn2)n1-c1ccccc1. The van der Waals surface area contributed by atoms with E-state index in [2.05, 4.69) is 56.2 Å². The molecule has 0 N–H and O–H groups in total. The molecule has 0 saturated heterocycles. The Morgan fingerprint density at radius 3 is 2.30 bits per heavy atom. The Morgan fingerprint density at radius 1 is 0.815 bits per heavy atom. The number of pyridine rings is 1. The highest BCUT2D eigenvalue weighted by atomic mass is 32.2. The molecule has 0 saturated carbocycles. The van der Waals surface area contributed by atoms with Crippen molar-refractivity contribution in [2.24, 2.45) is 0 Å². The molecule has 2 heterocycles. The summed E-state index contributed by atoms with van der Waals surface area (Å²) >= 11 is 1.65. The first-order valence-electron chi connectivity index (χ1n) is 8.68. The maximum absolute atomic E-state index is 4.44. The van der Waals surface area contributed by atoms with Crippen LogP contribution in [0.4, 0.5) is 0 Å². The molecule has 0 bridgehead atoms. The van der Waals surface area contributed by atoms with Crippen LogP contribution < -0.4 is 0 Å². The van der Waals surface area contributed by atoms with Gasteiger partial charge in [-0.2, -0.15) is 0 Å². The Balaban J connectivity index is 1.61. The Hall–Kier alpha value is -3.18. The van der Waals surface area contributed by atoms with Crippen LogP contribution >= 0.6 is 11.8 Å². The highest BCUT2D eigenvalue weighted by molar-refractivity contribution is 7.99. The second kappa shape index (κ2) is 8.47. The van der Waals surface area contributed by atoms with Gasteiger partial charge in [0.2, 0.25) is 0 Å². The summed E-state index contributed by atoms with van der Waals surface area (Å²) in [5.41, 5.74) is 3.02. The fourth-order valence-corrected chi connectivity index (χ4v) is 3.47. The highest BCUT2D eigenvalue weighted by Crippen LogP contribution is 2.27. The Kier molecular flexibility index (Phi) is 5.41. The van der Waals surface area contributed by atoms with Crippen molar-refractivity contribution in [3.8, 4) is 17.2 Å². The zero-order valence-corrected chi connectivity index (χ0v) is 15.5. The number of rotatable bonds is 6. The lowest BCUT2D eigenvalue weighted by molar-refractivity contribution is 0.886. The monoisotopic (exact) mass is 370 g/mol. The maximum Gasteiger partial charge on any atom is 0.196 e. The minimum Gasteiger partial charge on any atom is -0.269 e. The van der Waals surface area contributed by atoms with Gasteiger partial charge in [0.05, 0.1) is 0 Å². The molecule has 2 aromatic heterocycles. The number of aromatic nitrogens is 4. The number of thioether (sulfide) groups is 1. The average molecular weight is 370 g/mol. The Bertz CT molecular complexity index is 1010. The molecule has 4 rings (SSSR count). The first-order valence-corrected chi connectivity index (χ1v) is 9.67. The van der Waals surface area contributed by atoms with Gasteiger partial charge in [0.15, 0.2) is 11.0 Å². The van der Waals surface area contributed by atoms with Gasteiger partial charge in [0.25, 0.3) is 0 Å².